The lowest BCUT2D eigenvalue weighted by Gasteiger charge is -2.07. The number of methoxy groups -OCH3 is 1. The average Bonchev–Trinajstić information content (AvgIpc) is 2.79. The summed E-state index contributed by atoms with van der Waals surface area (Å²) in [7, 11) is 1.65. The molecule has 0 saturated heterocycles. The predicted octanol–water partition coefficient (Wildman–Crippen LogP) is 4.87. The van der Waals surface area contributed by atoms with Gasteiger partial charge in [0.15, 0.2) is 12.0 Å². The summed E-state index contributed by atoms with van der Waals surface area (Å²) in [6.45, 7) is 0. The Morgan fingerprint density at radius 3 is 2.18 bits per heavy atom. The maximum absolute atomic E-state index is 13.0. The van der Waals surface area contributed by atoms with Crippen LogP contribution in [0.1, 0.15) is 15.9 Å². The Bertz CT molecular complexity index is 1110. The van der Waals surface area contributed by atoms with E-state index in [2.05, 4.69) is 12.1 Å². The van der Waals surface area contributed by atoms with Gasteiger partial charge in [0.2, 0.25) is 11.4 Å². The highest BCUT2D eigenvalue weighted by Gasteiger charge is 2.20. The SMILES string of the molecule is COc1cccc(-[n+]2cc(C(=O)c3ccccc3)ccc2-c2ccccc2)c1. The summed E-state index contributed by atoms with van der Waals surface area (Å²) < 4.78 is 7.42. The van der Waals surface area contributed by atoms with Gasteiger partial charge in [-0.25, -0.2) is 0 Å². The molecule has 3 heteroatoms. The first-order valence-electron chi connectivity index (χ1n) is 9.11. The first-order valence-corrected chi connectivity index (χ1v) is 9.11. The highest BCUT2D eigenvalue weighted by molar-refractivity contribution is 6.08. The number of ketones is 1. The number of carbonyl (C=O) groups excluding carboxylic acids is 1. The van der Waals surface area contributed by atoms with Crippen LogP contribution in [0, 0.1) is 0 Å². The summed E-state index contributed by atoms with van der Waals surface area (Å²) in [4.78, 5) is 13.0. The highest BCUT2D eigenvalue weighted by Crippen LogP contribution is 2.20. The quantitative estimate of drug-likeness (QED) is 0.373. The summed E-state index contributed by atoms with van der Waals surface area (Å²) >= 11 is 0. The second-order valence-electron chi connectivity index (χ2n) is 6.44. The molecule has 0 radical (unpaired) electrons. The van der Waals surface area contributed by atoms with E-state index in [4.69, 9.17) is 4.74 Å². The molecule has 0 aliphatic carbocycles. The Kier molecular flexibility index (Phi) is 4.98. The zero-order valence-corrected chi connectivity index (χ0v) is 15.6. The van der Waals surface area contributed by atoms with E-state index in [1.165, 1.54) is 0 Å². The molecule has 0 fully saturated rings. The lowest BCUT2D eigenvalue weighted by Crippen LogP contribution is -2.34. The minimum atomic E-state index is -0.00291. The molecular weight excluding hydrogens is 346 g/mol. The number of benzene rings is 3. The van der Waals surface area contributed by atoms with Gasteiger partial charge in [0.25, 0.3) is 0 Å². The number of hydrogen-bond donors (Lipinski definition) is 0. The summed E-state index contributed by atoms with van der Waals surface area (Å²) in [6.07, 6.45) is 1.90. The zero-order chi connectivity index (χ0) is 19.3. The molecule has 28 heavy (non-hydrogen) atoms. The summed E-state index contributed by atoms with van der Waals surface area (Å²) in [6, 6.07) is 31.2. The highest BCUT2D eigenvalue weighted by atomic mass is 16.5. The summed E-state index contributed by atoms with van der Waals surface area (Å²) in [5.74, 6) is 0.764. The Morgan fingerprint density at radius 2 is 1.46 bits per heavy atom. The van der Waals surface area contributed by atoms with Crippen molar-refractivity contribution in [1.82, 2.24) is 0 Å². The maximum Gasteiger partial charge on any atom is 0.218 e. The van der Waals surface area contributed by atoms with Gasteiger partial charge in [-0.3, -0.25) is 4.79 Å². The van der Waals surface area contributed by atoms with E-state index in [-0.39, 0.29) is 5.78 Å². The molecule has 0 aliphatic rings. The number of carbonyl (C=O) groups is 1. The third-order valence-corrected chi connectivity index (χ3v) is 4.65. The lowest BCUT2D eigenvalue weighted by atomic mass is 10.0. The van der Waals surface area contributed by atoms with Crippen molar-refractivity contribution in [2.75, 3.05) is 7.11 Å². The van der Waals surface area contributed by atoms with Crippen molar-refractivity contribution in [2.45, 2.75) is 0 Å². The molecule has 0 spiro atoms. The van der Waals surface area contributed by atoms with Crippen LogP contribution in [0.5, 0.6) is 5.75 Å². The Morgan fingerprint density at radius 1 is 0.750 bits per heavy atom. The van der Waals surface area contributed by atoms with E-state index in [0.29, 0.717) is 11.1 Å². The van der Waals surface area contributed by atoms with E-state index >= 15 is 0 Å². The Balaban J connectivity index is 1.87. The largest absolute Gasteiger partial charge is 0.497 e. The van der Waals surface area contributed by atoms with Crippen LogP contribution < -0.4 is 9.30 Å². The molecule has 0 bridgehead atoms. The molecule has 0 unspecified atom stereocenters. The average molecular weight is 366 g/mol. The van der Waals surface area contributed by atoms with Crippen LogP contribution in [-0.4, -0.2) is 12.9 Å². The smallest absolute Gasteiger partial charge is 0.218 e. The minimum Gasteiger partial charge on any atom is -0.497 e. The second kappa shape index (κ2) is 7.89. The van der Waals surface area contributed by atoms with Crippen LogP contribution in [0.2, 0.25) is 0 Å². The fraction of sp³-hybridized carbons (Fsp3) is 0.0400. The van der Waals surface area contributed by atoms with Gasteiger partial charge in [-0.05, 0) is 24.3 Å². The first kappa shape index (κ1) is 17.7. The van der Waals surface area contributed by atoms with Crippen molar-refractivity contribution in [2.24, 2.45) is 0 Å². The van der Waals surface area contributed by atoms with Gasteiger partial charge in [-0.1, -0.05) is 54.6 Å². The summed E-state index contributed by atoms with van der Waals surface area (Å²) in [5.41, 5.74) is 4.31. The van der Waals surface area contributed by atoms with Gasteiger partial charge in [-0.2, -0.15) is 4.57 Å². The number of rotatable bonds is 5. The standard InChI is InChI=1S/C25H20NO2/c1-28-23-14-8-13-22(17-23)26-18-21(25(27)20-11-6-3-7-12-20)15-16-24(26)19-9-4-2-5-10-19/h2-18H,1H3/q+1. The summed E-state index contributed by atoms with van der Waals surface area (Å²) in [5, 5.41) is 0. The van der Waals surface area contributed by atoms with Crippen LogP contribution in [0.25, 0.3) is 16.9 Å². The number of nitrogens with zero attached hydrogens (tertiary/aromatic N) is 1. The molecule has 0 atom stereocenters. The van der Waals surface area contributed by atoms with Gasteiger partial charge < -0.3 is 4.74 Å². The number of pyridine rings is 1. The molecule has 1 aromatic heterocycles. The Hall–Kier alpha value is -3.72. The zero-order valence-electron chi connectivity index (χ0n) is 15.6. The maximum atomic E-state index is 13.0. The minimum absolute atomic E-state index is 0.00291. The van der Waals surface area contributed by atoms with Crippen LogP contribution in [0.4, 0.5) is 0 Å². The van der Waals surface area contributed by atoms with Crippen molar-refractivity contribution in [1.29, 1.82) is 0 Å². The van der Waals surface area contributed by atoms with Crippen LogP contribution >= 0.6 is 0 Å². The van der Waals surface area contributed by atoms with Crippen LogP contribution in [0.15, 0.2) is 103 Å². The molecule has 4 rings (SSSR count). The molecular formula is C25H20NO2+. The number of aromatic nitrogens is 1. The van der Waals surface area contributed by atoms with Gasteiger partial charge in [-0.15, -0.1) is 0 Å². The monoisotopic (exact) mass is 366 g/mol. The Labute approximate surface area is 164 Å². The van der Waals surface area contributed by atoms with Crippen molar-refractivity contribution in [3.63, 3.8) is 0 Å². The number of hydrogen-bond acceptors (Lipinski definition) is 2. The van der Waals surface area contributed by atoms with E-state index in [9.17, 15) is 4.79 Å². The van der Waals surface area contributed by atoms with Crippen molar-refractivity contribution in [3.05, 3.63) is 114 Å². The van der Waals surface area contributed by atoms with Gasteiger partial charge in [0.1, 0.15) is 5.75 Å². The molecule has 1 heterocycles. The van der Waals surface area contributed by atoms with Crippen molar-refractivity contribution < 1.29 is 14.1 Å². The third kappa shape index (κ3) is 3.55. The molecule has 4 aromatic rings. The topological polar surface area (TPSA) is 30.2 Å². The van der Waals surface area contributed by atoms with Gasteiger partial charge in [0, 0.05) is 23.3 Å². The first-order chi connectivity index (χ1) is 13.8. The fourth-order valence-electron chi connectivity index (χ4n) is 3.21. The third-order valence-electron chi connectivity index (χ3n) is 4.65. The fourth-order valence-corrected chi connectivity index (χ4v) is 3.21. The van der Waals surface area contributed by atoms with Crippen molar-refractivity contribution >= 4 is 5.78 Å². The molecule has 0 saturated carbocycles. The van der Waals surface area contributed by atoms with E-state index in [0.717, 1.165) is 22.7 Å². The van der Waals surface area contributed by atoms with E-state index in [1.54, 1.807) is 7.11 Å². The second-order valence-corrected chi connectivity index (χ2v) is 6.44. The van der Waals surface area contributed by atoms with Crippen LogP contribution in [-0.2, 0) is 0 Å². The van der Waals surface area contributed by atoms with E-state index < -0.39 is 0 Å². The molecule has 3 aromatic carbocycles. The molecule has 3 nitrogen and oxygen atoms in total. The molecule has 0 amide bonds. The van der Waals surface area contributed by atoms with Crippen molar-refractivity contribution in [3.8, 4) is 22.7 Å². The predicted molar refractivity (Wildman–Crippen MR) is 110 cm³/mol. The van der Waals surface area contributed by atoms with Gasteiger partial charge in [0.05, 0.1) is 18.7 Å². The molecule has 0 N–H and O–H groups in total. The lowest BCUT2D eigenvalue weighted by molar-refractivity contribution is -0.584. The normalized spacial score (nSPS) is 10.5. The molecule has 136 valence electrons. The number of ether oxygens (including phenoxy) is 1. The van der Waals surface area contributed by atoms with Gasteiger partial charge >= 0.3 is 0 Å². The van der Waals surface area contributed by atoms with E-state index in [1.807, 2.05) is 95.7 Å². The molecule has 0 aliphatic heterocycles. The van der Waals surface area contributed by atoms with Crippen LogP contribution in [0.3, 0.4) is 0 Å².